The van der Waals surface area contributed by atoms with Crippen LogP contribution in [0.3, 0.4) is 0 Å². The van der Waals surface area contributed by atoms with Crippen molar-refractivity contribution < 1.29 is 19.6 Å². The maximum Gasteiger partial charge on any atom is 0.247 e. The Kier molecular flexibility index (Phi) is 5.60. The van der Waals surface area contributed by atoms with Gasteiger partial charge in [0.2, 0.25) is 12.3 Å². The average molecular weight is 318 g/mol. The summed E-state index contributed by atoms with van der Waals surface area (Å²) in [5.74, 6) is 1.21. The summed E-state index contributed by atoms with van der Waals surface area (Å²) in [6.07, 6.45) is 7.39. The number of ether oxygens (including phenoxy) is 1. The maximum absolute atomic E-state index is 10.1. The number of quaternary nitrogens is 1. The van der Waals surface area contributed by atoms with Gasteiger partial charge in [0.25, 0.3) is 0 Å². The summed E-state index contributed by atoms with van der Waals surface area (Å²) in [7, 11) is 0. The quantitative estimate of drug-likeness (QED) is 0.805. The number of nitrogens with two attached hydrogens (primary N) is 1. The van der Waals surface area contributed by atoms with Crippen LogP contribution in [0.4, 0.5) is 0 Å². The van der Waals surface area contributed by atoms with E-state index < -0.39 is 6.10 Å². The zero-order valence-electron chi connectivity index (χ0n) is 13.2. The number of aromatic nitrogens is 2. The first-order valence-corrected chi connectivity index (χ1v) is 8.32. The lowest BCUT2D eigenvalue weighted by atomic mass is 9.95. The van der Waals surface area contributed by atoms with Crippen molar-refractivity contribution in [2.45, 2.75) is 44.2 Å². The molecule has 0 amide bonds. The van der Waals surface area contributed by atoms with Crippen LogP contribution in [0.25, 0.3) is 11.5 Å². The molecule has 3 N–H and O–H groups in total. The van der Waals surface area contributed by atoms with E-state index in [4.69, 9.17) is 9.15 Å². The first-order chi connectivity index (χ1) is 11.3. The fourth-order valence-corrected chi connectivity index (χ4v) is 2.97. The van der Waals surface area contributed by atoms with Gasteiger partial charge < -0.3 is 19.6 Å². The molecule has 0 spiro atoms. The first-order valence-electron chi connectivity index (χ1n) is 8.32. The number of rotatable bonds is 7. The van der Waals surface area contributed by atoms with Crippen LogP contribution in [0, 0.1) is 0 Å². The van der Waals surface area contributed by atoms with E-state index in [-0.39, 0.29) is 0 Å². The van der Waals surface area contributed by atoms with Crippen molar-refractivity contribution in [3.63, 3.8) is 0 Å². The predicted molar refractivity (Wildman–Crippen MR) is 84.9 cm³/mol. The Labute approximate surface area is 135 Å². The molecule has 23 heavy (non-hydrogen) atoms. The van der Waals surface area contributed by atoms with Crippen LogP contribution in [0.2, 0.25) is 0 Å². The van der Waals surface area contributed by atoms with E-state index in [2.05, 4.69) is 15.5 Å². The monoisotopic (exact) mass is 318 g/mol. The summed E-state index contributed by atoms with van der Waals surface area (Å²) in [4.78, 5) is 0. The third-order valence-corrected chi connectivity index (χ3v) is 4.30. The second-order valence-corrected chi connectivity index (χ2v) is 6.10. The van der Waals surface area contributed by atoms with Crippen LogP contribution in [-0.2, 0) is 0 Å². The number of nitrogens with zero attached hydrogens (tertiary/aromatic N) is 2. The van der Waals surface area contributed by atoms with Gasteiger partial charge in [-0.15, -0.1) is 10.2 Å². The highest BCUT2D eigenvalue weighted by Crippen LogP contribution is 2.20. The van der Waals surface area contributed by atoms with E-state index in [1.807, 2.05) is 24.3 Å². The molecule has 124 valence electrons. The maximum atomic E-state index is 10.1. The van der Waals surface area contributed by atoms with Crippen LogP contribution < -0.4 is 10.1 Å². The summed E-state index contributed by atoms with van der Waals surface area (Å²) in [6, 6.07) is 8.09. The van der Waals surface area contributed by atoms with Crippen molar-refractivity contribution in [2.75, 3.05) is 13.2 Å². The number of hydrogen-bond acceptors (Lipinski definition) is 5. The lowest BCUT2D eigenvalue weighted by Gasteiger charge is -2.21. The molecule has 1 aliphatic rings. The van der Waals surface area contributed by atoms with Gasteiger partial charge in [-0.2, -0.15) is 0 Å². The lowest BCUT2D eigenvalue weighted by molar-refractivity contribution is -0.697. The molecular formula is C17H24N3O3+. The van der Waals surface area contributed by atoms with Gasteiger partial charge in [-0.3, -0.25) is 0 Å². The third kappa shape index (κ3) is 4.77. The molecule has 1 aromatic carbocycles. The molecule has 3 rings (SSSR count). The van der Waals surface area contributed by atoms with Crippen molar-refractivity contribution >= 4 is 0 Å². The molecule has 0 aliphatic heterocycles. The SMILES string of the molecule is O[C@@H](C[NH2+]C1CCCCC1)COc1ccc(-c2nnco2)cc1. The summed E-state index contributed by atoms with van der Waals surface area (Å²) in [6.45, 7) is 1.01. The van der Waals surface area contributed by atoms with E-state index in [1.165, 1.54) is 38.5 Å². The normalized spacial score (nSPS) is 17.1. The molecule has 2 aromatic rings. The van der Waals surface area contributed by atoms with Gasteiger partial charge in [0, 0.05) is 5.56 Å². The van der Waals surface area contributed by atoms with E-state index in [1.54, 1.807) is 0 Å². The van der Waals surface area contributed by atoms with Gasteiger partial charge in [-0.05, 0) is 49.9 Å². The van der Waals surface area contributed by atoms with Crippen LogP contribution in [0.5, 0.6) is 5.75 Å². The van der Waals surface area contributed by atoms with Crippen molar-refractivity contribution in [1.29, 1.82) is 0 Å². The Balaban J connectivity index is 1.40. The van der Waals surface area contributed by atoms with Crippen LogP contribution >= 0.6 is 0 Å². The molecule has 1 saturated carbocycles. The van der Waals surface area contributed by atoms with Gasteiger partial charge in [-0.1, -0.05) is 6.42 Å². The van der Waals surface area contributed by atoms with Gasteiger partial charge >= 0.3 is 0 Å². The minimum Gasteiger partial charge on any atom is -0.491 e. The molecule has 1 atom stereocenters. The fourth-order valence-electron chi connectivity index (χ4n) is 2.97. The third-order valence-electron chi connectivity index (χ3n) is 4.30. The predicted octanol–water partition coefficient (Wildman–Crippen LogP) is 1.37. The standard InChI is InChI=1S/C17H23N3O3/c21-15(10-18-14-4-2-1-3-5-14)11-22-16-8-6-13(7-9-16)17-20-19-12-23-17/h6-9,12,14-15,18,21H,1-5,10-11H2/p+1/t15-/m0/s1. The molecule has 6 heteroatoms. The Hall–Kier alpha value is -1.92. The molecule has 6 nitrogen and oxygen atoms in total. The van der Waals surface area contributed by atoms with Crippen LogP contribution in [0.1, 0.15) is 32.1 Å². The van der Waals surface area contributed by atoms with Crippen molar-refractivity contribution in [1.82, 2.24) is 10.2 Å². The van der Waals surface area contributed by atoms with E-state index in [9.17, 15) is 5.11 Å². The van der Waals surface area contributed by atoms with E-state index in [0.29, 0.717) is 25.1 Å². The summed E-state index contributed by atoms with van der Waals surface area (Å²) in [5, 5.41) is 19.8. The smallest absolute Gasteiger partial charge is 0.247 e. The summed E-state index contributed by atoms with van der Waals surface area (Å²) >= 11 is 0. The number of benzene rings is 1. The Morgan fingerprint density at radius 1 is 1.22 bits per heavy atom. The molecule has 0 unspecified atom stereocenters. The molecule has 1 aliphatic carbocycles. The number of aliphatic hydroxyl groups is 1. The van der Waals surface area contributed by atoms with E-state index in [0.717, 1.165) is 11.3 Å². The minimum absolute atomic E-state index is 0.309. The largest absolute Gasteiger partial charge is 0.491 e. The molecule has 0 radical (unpaired) electrons. The van der Waals surface area contributed by atoms with Gasteiger partial charge in [-0.25, -0.2) is 0 Å². The highest BCUT2D eigenvalue weighted by molar-refractivity contribution is 5.53. The second-order valence-electron chi connectivity index (χ2n) is 6.10. The van der Waals surface area contributed by atoms with Crippen LogP contribution in [0.15, 0.2) is 35.1 Å². The molecule has 0 saturated heterocycles. The molecule has 1 heterocycles. The van der Waals surface area contributed by atoms with Gasteiger partial charge in [0.1, 0.15) is 25.0 Å². The number of hydrogen-bond donors (Lipinski definition) is 2. The molecular weight excluding hydrogens is 294 g/mol. The first kappa shape index (κ1) is 16.0. The van der Waals surface area contributed by atoms with Crippen molar-refractivity contribution in [3.05, 3.63) is 30.7 Å². The van der Waals surface area contributed by atoms with Crippen molar-refractivity contribution in [2.24, 2.45) is 0 Å². The zero-order chi connectivity index (χ0) is 15.9. The molecule has 1 aromatic heterocycles. The van der Waals surface area contributed by atoms with Gasteiger partial charge in [0.15, 0.2) is 0 Å². The molecule has 0 bridgehead atoms. The highest BCUT2D eigenvalue weighted by atomic mass is 16.5. The Morgan fingerprint density at radius 2 is 2.00 bits per heavy atom. The zero-order valence-corrected chi connectivity index (χ0v) is 13.2. The minimum atomic E-state index is -0.451. The average Bonchev–Trinajstić information content (AvgIpc) is 3.14. The van der Waals surface area contributed by atoms with Crippen LogP contribution in [-0.4, -0.2) is 40.6 Å². The summed E-state index contributed by atoms with van der Waals surface area (Å²) in [5.41, 5.74) is 0.848. The fraction of sp³-hybridized carbons (Fsp3) is 0.529. The Morgan fingerprint density at radius 3 is 2.70 bits per heavy atom. The number of aliphatic hydroxyl groups excluding tert-OH is 1. The van der Waals surface area contributed by atoms with E-state index >= 15 is 0 Å². The van der Waals surface area contributed by atoms with Crippen molar-refractivity contribution in [3.8, 4) is 17.2 Å². The Bertz CT molecular complexity index is 565. The second kappa shape index (κ2) is 8.08. The molecule has 1 fully saturated rings. The lowest BCUT2D eigenvalue weighted by Crippen LogP contribution is -2.92. The van der Waals surface area contributed by atoms with Gasteiger partial charge in [0.05, 0.1) is 6.04 Å². The summed E-state index contributed by atoms with van der Waals surface area (Å²) < 4.78 is 10.8. The topological polar surface area (TPSA) is 85.0 Å². The highest BCUT2D eigenvalue weighted by Gasteiger charge is 2.18.